The third-order valence-corrected chi connectivity index (χ3v) is 0.842. The standard InChI is InChI=1S/C6H11NO5/c7-5(8)3-11-1-2-12-4-6(9)10/h1-4H2,(H2,7,8)(H,9,10). The number of primary amides is 1. The minimum absolute atomic E-state index is 0.138. The third-order valence-electron chi connectivity index (χ3n) is 0.842. The predicted molar refractivity (Wildman–Crippen MR) is 38.5 cm³/mol. The van der Waals surface area contributed by atoms with Crippen LogP contribution >= 0.6 is 0 Å². The minimum atomic E-state index is -1.04. The van der Waals surface area contributed by atoms with Gasteiger partial charge in [-0.2, -0.15) is 0 Å². The Morgan fingerprint density at radius 1 is 1.17 bits per heavy atom. The first kappa shape index (κ1) is 10.9. The van der Waals surface area contributed by atoms with E-state index >= 15 is 0 Å². The van der Waals surface area contributed by atoms with Crippen LogP contribution in [0.25, 0.3) is 0 Å². The Labute approximate surface area is 69.2 Å². The van der Waals surface area contributed by atoms with Crippen molar-refractivity contribution in [3.8, 4) is 0 Å². The van der Waals surface area contributed by atoms with E-state index in [9.17, 15) is 9.59 Å². The lowest BCUT2D eigenvalue weighted by Gasteiger charge is -2.00. The quantitative estimate of drug-likeness (QED) is 0.465. The second-order valence-electron chi connectivity index (χ2n) is 1.97. The van der Waals surface area contributed by atoms with Gasteiger partial charge in [0.1, 0.15) is 13.2 Å². The molecular weight excluding hydrogens is 166 g/mol. The zero-order valence-electron chi connectivity index (χ0n) is 6.49. The fraction of sp³-hybridized carbons (Fsp3) is 0.667. The van der Waals surface area contributed by atoms with Crippen molar-refractivity contribution in [2.75, 3.05) is 26.4 Å². The van der Waals surface area contributed by atoms with Gasteiger partial charge in [-0.3, -0.25) is 4.79 Å². The number of carboxylic acid groups (broad SMARTS) is 1. The Balaban J connectivity index is 3.01. The summed E-state index contributed by atoms with van der Waals surface area (Å²) in [6.45, 7) is -0.230. The molecule has 0 unspecified atom stereocenters. The van der Waals surface area contributed by atoms with Crippen LogP contribution in [0, 0.1) is 0 Å². The first-order chi connectivity index (χ1) is 5.63. The number of rotatable bonds is 7. The zero-order valence-corrected chi connectivity index (χ0v) is 6.49. The van der Waals surface area contributed by atoms with E-state index in [1.807, 2.05) is 0 Å². The summed E-state index contributed by atoms with van der Waals surface area (Å²) < 4.78 is 9.28. The van der Waals surface area contributed by atoms with E-state index in [-0.39, 0.29) is 26.4 Å². The second kappa shape index (κ2) is 6.56. The number of carbonyl (C=O) groups is 2. The van der Waals surface area contributed by atoms with Crippen LogP contribution in [0.3, 0.4) is 0 Å². The Morgan fingerprint density at radius 2 is 1.67 bits per heavy atom. The molecule has 0 heterocycles. The van der Waals surface area contributed by atoms with E-state index in [0.29, 0.717) is 0 Å². The lowest BCUT2D eigenvalue weighted by atomic mass is 10.6. The number of carboxylic acids is 1. The predicted octanol–water partition coefficient (Wildman–Crippen LogP) is -1.41. The molecule has 0 fully saturated rings. The van der Waals surface area contributed by atoms with Crippen molar-refractivity contribution in [1.82, 2.24) is 0 Å². The highest BCUT2D eigenvalue weighted by molar-refractivity contribution is 5.74. The van der Waals surface area contributed by atoms with Crippen molar-refractivity contribution in [1.29, 1.82) is 0 Å². The first-order valence-electron chi connectivity index (χ1n) is 3.28. The molecule has 0 aliphatic rings. The van der Waals surface area contributed by atoms with Gasteiger partial charge in [0.25, 0.3) is 0 Å². The minimum Gasteiger partial charge on any atom is -0.480 e. The van der Waals surface area contributed by atoms with Crippen molar-refractivity contribution in [3.63, 3.8) is 0 Å². The molecule has 0 spiro atoms. The average molecular weight is 177 g/mol. The maximum absolute atomic E-state index is 10.1. The van der Waals surface area contributed by atoms with E-state index in [1.165, 1.54) is 0 Å². The molecule has 12 heavy (non-hydrogen) atoms. The van der Waals surface area contributed by atoms with E-state index in [1.54, 1.807) is 0 Å². The third kappa shape index (κ3) is 8.86. The van der Waals surface area contributed by atoms with E-state index < -0.39 is 11.9 Å². The van der Waals surface area contributed by atoms with Gasteiger partial charge in [-0.25, -0.2) is 4.79 Å². The van der Waals surface area contributed by atoms with E-state index in [4.69, 9.17) is 10.8 Å². The molecule has 0 radical (unpaired) electrons. The number of hydrogen-bond acceptors (Lipinski definition) is 4. The molecule has 0 saturated carbocycles. The number of nitrogens with two attached hydrogens (primary N) is 1. The molecule has 0 saturated heterocycles. The number of hydrogen-bond donors (Lipinski definition) is 2. The highest BCUT2D eigenvalue weighted by Gasteiger charge is 1.96. The first-order valence-corrected chi connectivity index (χ1v) is 3.28. The number of ether oxygens (including phenoxy) is 2. The summed E-state index contributed by atoms with van der Waals surface area (Å²) in [6, 6.07) is 0. The largest absolute Gasteiger partial charge is 0.480 e. The molecule has 70 valence electrons. The molecule has 0 bridgehead atoms. The van der Waals surface area contributed by atoms with Crippen LogP contribution in [0.4, 0.5) is 0 Å². The lowest BCUT2D eigenvalue weighted by Crippen LogP contribution is -2.20. The van der Waals surface area contributed by atoms with Gasteiger partial charge in [-0.1, -0.05) is 0 Å². The van der Waals surface area contributed by atoms with Gasteiger partial charge in [0, 0.05) is 0 Å². The molecule has 6 heteroatoms. The number of carbonyl (C=O) groups excluding carboxylic acids is 1. The summed E-state index contributed by atoms with van der Waals surface area (Å²) in [6.07, 6.45) is 0. The topological polar surface area (TPSA) is 98.9 Å². The van der Waals surface area contributed by atoms with Crippen LogP contribution in [0.2, 0.25) is 0 Å². The Morgan fingerprint density at radius 3 is 2.08 bits per heavy atom. The van der Waals surface area contributed by atoms with Crippen LogP contribution < -0.4 is 5.73 Å². The normalized spacial score (nSPS) is 9.67. The van der Waals surface area contributed by atoms with Gasteiger partial charge in [0.05, 0.1) is 13.2 Å². The second-order valence-corrected chi connectivity index (χ2v) is 1.97. The summed E-state index contributed by atoms with van der Waals surface area (Å²) in [5.74, 6) is -1.60. The van der Waals surface area contributed by atoms with Crippen LogP contribution in [-0.4, -0.2) is 43.4 Å². The SMILES string of the molecule is NC(=O)COCCOCC(=O)O. The molecule has 0 aromatic heterocycles. The summed E-state index contributed by atoms with van der Waals surface area (Å²) >= 11 is 0. The van der Waals surface area contributed by atoms with Crippen molar-refractivity contribution in [2.24, 2.45) is 5.73 Å². The van der Waals surface area contributed by atoms with E-state index in [0.717, 1.165) is 0 Å². The molecule has 3 N–H and O–H groups in total. The van der Waals surface area contributed by atoms with Crippen LogP contribution in [-0.2, 0) is 19.1 Å². The molecule has 0 aliphatic carbocycles. The summed E-state index contributed by atoms with van der Waals surface area (Å²) in [5.41, 5.74) is 4.76. The summed E-state index contributed by atoms with van der Waals surface area (Å²) in [5, 5.41) is 8.12. The molecule has 0 atom stereocenters. The maximum Gasteiger partial charge on any atom is 0.329 e. The zero-order chi connectivity index (χ0) is 9.40. The number of amides is 1. The van der Waals surface area contributed by atoms with E-state index in [2.05, 4.69) is 9.47 Å². The molecule has 0 aromatic carbocycles. The highest BCUT2D eigenvalue weighted by Crippen LogP contribution is 1.78. The van der Waals surface area contributed by atoms with Gasteiger partial charge in [-0.05, 0) is 0 Å². The maximum atomic E-state index is 10.1. The Kier molecular flexibility index (Phi) is 5.94. The van der Waals surface area contributed by atoms with Crippen LogP contribution in [0.15, 0.2) is 0 Å². The molecule has 1 amide bonds. The van der Waals surface area contributed by atoms with Crippen molar-refractivity contribution in [2.45, 2.75) is 0 Å². The van der Waals surface area contributed by atoms with Gasteiger partial charge in [0.15, 0.2) is 0 Å². The summed E-state index contributed by atoms with van der Waals surface area (Å²) in [4.78, 5) is 20.0. The van der Waals surface area contributed by atoms with Gasteiger partial charge >= 0.3 is 5.97 Å². The van der Waals surface area contributed by atoms with Crippen LogP contribution in [0.1, 0.15) is 0 Å². The fourth-order valence-corrected chi connectivity index (χ4v) is 0.450. The van der Waals surface area contributed by atoms with Crippen molar-refractivity contribution >= 4 is 11.9 Å². The average Bonchev–Trinajstić information content (AvgIpc) is 1.95. The smallest absolute Gasteiger partial charge is 0.329 e. The molecule has 6 nitrogen and oxygen atoms in total. The molecule has 0 rings (SSSR count). The van der Waals surface area contributed by atoms with Gasteiger partial charge in [-0.15, -0.1) is 0 Å². The Hall–Kier alpha value is -1.14. The monoisotopic (exact) mass is 177 g/mol. The summed E-state index contributed by atoms with van der Waals surface area (Å²) in [7, 11) is 0. The van der Waals surface area contributed by atoms with Crippen LogP contribution in [0.5, 0.6) is 0 Å². The highest BCUT2D eigenvalue weighted by atomic mass is 16.5. The molecule has 0 aliphatic heterocycles. The van der Waals surface area contributed by atoms with Crippen molar-refractivity contribution in [3.05, 3.63) is 0 Å². The fourth-order valence-electron chi connectivity index (χ4n) is 0.450. The lowest BCUT2D eigenvalue weighted by molar-refractivity contribution is -0.143. The van der Waals surface area contributed by atoms with Crippen molar-refractivity contribution < 1.29 is 24.2 Å². The van der Waals surface area contributed by atoms with Gasteiger partial charge in [0.2, 0.25) is 5.91 Å². The molecule has 0 aromatic rings. The molecular formula is C6H11NO5. The van der Waals surface area contributed by atoms with Gasteiger partial charge < -0.3 is 20.3 Å². The number of aliphatic carboxylic acids is 1. The Bertz CT molecular complexity index is 140.